The number of nitrogens with two attached hydrogens (primary N) is 1. The van der Waals surface area contributed by atoms with Crippen LogP contribution in [0.3, 0.4) is 0 Å². The van der Waals surface area contributed by atoms with E-state index in [9.17, 15) is 5.11 Å². The average molecular weight is 337 g/mol. The standard InChI is InChI=1S/C18H22ClNO3/c1-13(21)10-20-11-15-8-16(19)18(17(9-15)22-2)23-12-14-6-4-3-5-7-14/h3-9,13,20-21H,10-12H2,1-2H3/p+1/t13-/m1/s1. The van der Waals surface area contributed by atoms with Crippen molar-refractivity contribution in [2.45, 2.75) is 26.2 Å². The van der Waals surface area contributed by atoms with Crippen molar-refractivity contribution in [2.24, 2.45) is 0 Å². The maximum atomic E-state index is 9.31. The molecule has 3 N–H and O–H groups in total. The molecule has 0 aliphatic carbocycles. The normalized spacial score (nSPS) is 12.0. The second kappa shape index (κ2) is 8.77. The van der Waals surface area contributed by atoms with Gasteiger partial charge in [-0.2, -0.15) is 0 Å². The lowest BCUT2D eigenvalue weighted by Crippen LogP contribution is -2.84. The topological polar surface area (TPSA) is 55.3 Å². The molecule has 0 unspecified atom stereocenters. The third kappa shape index (κ3) is 5.43. The Morgan fingerprint density at radius 1 is 1.17 bits per heavy atom. The van der Waals surface area contributed by atoms with Crippen LogP contribution in [-0.2, 0) is 13.2 Å². The molecule has 0 saturated heterocycles. The summed E-state index contributed by atoms with van der Waals surface area (Å²) in [6, 6.07) is 13.7. The molecule has 0 aliphatic rings. The highest BCUT2D eigenvalue weighted by Gasteiger charge is 2.13. The molecule has 0 amide bonds. The fourth-order valence-corrected chi connectivity index (χ4v) is 2.54. The van der Waals surface area contributed by atoms with Crippen molar-refractivity contribution >= 4 is 11.6 Å². The van der Waals surface area contributed by atoms with E-state index >= 15 is 0 Å². The molecule has 0 saturated carbocycles. The van der Waals surface area contributed by atoms with E-state index in [4.69, 9.17) is 21.1 Å². The number of methoxy groups -OCH3 is 1. The summed E-state index contributed by atoms with van der Waals surface area (Å²) in [4.78, 5) is 0. The van der Waals surface area contributed by atoms with E-state index in [2.05, 4.69) is 0 Å². The van der Waals surface area contributed by atoms with Crippen molar-refractivity contribution in [3.63, 3.8) is 0 Å². The smallest absolute Gasteiger partial charge is 0.180 e. The summed E-state index contributed by atoms with van der Waals surface area (Å²) in [5.41, 5.74) is 2.10. The van der Waals surface area contributed by atoms with E-state index in [1.165, 1.54) is 0 Å². The number of halogens is 1. The summed E-state index contributed by atoms with van der Waals surface area (Å²) in [6.07, 6.45) is -0.333. The molecular weight excluding hydrogens is 314 g/mol. The molecule has 2 aromatic carbocycles. The van der Waals surface area contributed by atoms with Crippen LogP contribution in [0.5, 0.6) is 11.5 Å². The SMILES string of the molecule is COc1cc(C[NH2+]C[C@@H](C)O)cc(Cl)c1OCc1ccccc1. The first-order valence-electron chi connectivity index (χ1n) is 7.63. The van der Waals surface area contributed by atoms with Crippen LogP contribution in [0, 0.1) is 0 Å². The zero-order valence-electron chi connectivity index (χ0n) is 13.5. The molecule has 4 nitrogen and oxygen atoms in total. The zero-order valence-corrected chi connectivity index (χ0v) is 14.2. The monoisotopic (exact) mass is 336 g/mol. The summed E-state index contributed by atoms with van der Waals surface area (Å²) in [5, 5.41) is 11.9. The third-order valence-electron chi connectivity index (χ3n) is 3.40. The van der Waals surface area contributed by atoms with Gasteiger partial charge in [-0.05, 0) is 24.6 Å². The van der Waals surface area contributed by atoms with Crippen LogP contribution in [0.1, 0.15) is 18.1 Å². The Morgan fingerprint density at radius 3 is 2.57 bits per heavy atom. The first-order valence-corrected chi connectivity index (χ1v) is 8.00. The van der Waals surface area contributed by atoms with Crippen LogP contribution >= 0.6 is 11.6 Å². The molecular formula is C18H23ClNO3+. The number of ether oxygens (including phenoxy) is 2. The van der Waals surface area contributed by atoms with Gasteiger partial charge in [0, 0.05) is 5.56 Å². The molecule has 0 heterocycles. The Bertz CT molecular complexity index is 617. The Labute approximate surface area is 142 Å². The van der Waals surface area contributed by atoms with Gasteiger partial charge in [0.15, 0.2) is 11.5 Å². The zero-order chi connectivity index (χ0) is 16.7. The highest BCUT2D eigenvalue weighted by molar-refractivity contribution is 6.32. The van der Waals surface area contributed by atoms with Gasteiger partial charge in [-0.3, -0.25) is 0 Å². The van der Waals surface area contributed by atoms with Gasteiger partial charge in [0.05, 0.1) is 18.2 Å². The molecule has 0 spiro atoms. The van der Waals surface area contributed by atoms with Crippen molar-refractivity contribution in [3.05, 3.63) is 58.6 Å². The lowest BCUT2D eigenvalue weighted by molar-refractivity contribution is -0.676. The first kappa shape index (κ1) is 17.6. The summed E-state index contributed by atoms with van der Waals surface area (Å²) in [6.45, 7) is 3.57. The van der Waals surface area contributed by atoms with Crippen molar-refractivity contribution in [2.75, 3.05) is 13.7 Å². The minimum Gasteiger partial charge on any atom is -0.493 e. The van der Waals surface area contributed by atoms with Gasteiger partial charge in [0.2, 0.25) is 0 Å². The second-order valence-corrected chi connectivity index (χ2v) is 5.87. The van der Waals surface area contributed by atoms with Crippen LogP contribution in [0.25, 0.3) is 0 Å². The number of aliphatic hydroxyl groups excluding tert-OH is 1. The average Bonchev–Trinajstić information content (AvgIpc) is 2.54. The lowest BCUT2D eigenvalue weighted by Gasteiger charge is -2.14. The number of hydrogen-bond donors (Lipinski definition) is 2. The minimum atomic E-state index is -0.333. The van der Waals surface area contributed by atoms with Crippen molar-refractivity contribution in [1.82, 2.24) is 0 Å². The van der Waals surface area contributed by atoms with E-state index in [0.717, 1.165) is 17.7 Å². The highest BCUT2D eigenvalue weighted by atomic mass is 35.5. The summed E-state index contributed by atoms with van der Waals surface area (Å²) in [5.74, 6) is 1.17. The van der Waals surface area contributed by atoms with Crippen molar-refractivity contribution in [1.29, 1.82) is 0 Å². The number of quaternary nitrogens is 1. The molecule has 0 aromatic heterocycles. The Kier molecular flexibility index (Phi) is 6.71. The fraction of sp³-hybridized carbons (Fsp3) is 0.333. The van der Waals surface area contributed by atoms with Crippen molar-refractivity contribution in [3.8, 4) is 11.5 Å². The van der Waals surface area contributed by atoms with Gasteiger partial charge in [-0.25, -0.2) is 0 Å². The molecule has 0 aliphatic heterocycles. The van der Waals surface area contributed by atoms with E-state index in [1.807, 2.05) is 47.8 Å². The predicted molar refractivity (Wildman–Crippen MR) is 91.0 cm³/mol. The molecule has 2 rings (SSSR count). The second-order valence-electron chi connectivity index (χ2n) is 5.46. The van der Waals surface area contributed by atoms with E-state index in [1.54, 1.807) is 14.0 Å². The third-order valence-corrected chi connectivity index (χ3v) is 3.68. The van der Waals surface area contributed by atoms with Crippen LogP contribution in [-0.4, -0.2) is 24.9 Å². The van der Waals surface area contributed by atoms with Crippen LogP contribution in [0.4, 0.5) is 0 Å². The maximum absolute atomic E-state index is 9.31. The van der Waals surface area contributed by atoms with Gasteiger partial charge >= 0.3 is 0 Å². The first-order chi connectivity index (χ1) is 11.1. The van der Waals surface area contributed by atoms with E-state index < -0.39 is 0 Å². The Morgan fingerprint density at radius 2 is 1.91 bits per heavy atom. The van der Waals surface area contributed by atoms with E-state index in [0.29, 0.717) is 29.7 Å². The lowest BCUT2D eigenvalue weighted by atomic mass is 10.2. The summed E-state index contributed by atoms with van der Waals surface area (Å²) >= 11 is 6.35. The molecule has 5 heteroatoms. The largest absolute Gasteiger partial charge is 0.493 e. The van der Waals surface area contributed by atoms with Gasteiger partial charge in [-0.15, -0.1) is 0 Å². The van der Waals surface area contributed by atoms with Crippen LogP contribution < -0.4 is 14.8 Å². The molecule has 0 bridgehead atoms. The van der Waals surface area contributed by atoms with E-state index in [-0.39, 0.29) is 6.10 Å². The molecule has 0 radical (unpaired) electrons. The Balaban J connectivity index is 2.07. The highest BCUT2D eigenvalue weighted by Crippen LogP contribution is 2.36. The van der Waals surface area contributed by atoms with Gasteiger partial charge in [-0.1, -0.05) is 41.9 Å². The Hall–Kier alpha value is -1.75. The van der Waals surface area contributed by atoms with Gasteiger partial charge in [0.1, 0.15) is 19.7 Å². The molecule has 23 heavy (non-hydrogen) atoms. The molecule has 0 fully saturated rings. The van der Waals surface area contributed by atoms with Gasteiger partial charge < -0.3 is 19.9 Å². The number of aliphatic hydroxyl groups is 1. The summed E-state index contributed by atoms with van der Waals surface area (Å²) < 4.78 is 11.2. The minimum absolute atomic E-state index is 0.333. The van der Waals surface area contributed by atoms with Crippen LogP contribution in [0.15, 0.2) is 42.5 Å². The number of benzene rings is 2. The number of rotatable bonds is 8. The molecule has 2 aromatic rings. The van der Waals surface area contributed by atoms with Crippen LogP contribution in [0.2, 0.25) is 5.02 Å². The quantitative estimate of drug-likeness (QED) is 0.778. The molecule has 1 atom stereocenters. The van der Waals surface area contributed by atoms with Gasteiger partial charge in [0.25, 0.3) is 0 Å². The number of hydrogen-bond acceptors (Lipinski definition) is 3. The predicted octanol–water partition coefficient (Wildman–Crippen LogP) is 2.37. The maximum Gasteiger partial charge on any atom is 0.180 e. The fourth-order valence-electron chi connectivity index (χ4n) is 2.25. The van der Waals surface area contributed by atoms with Crippen molar-refractivity contribution < 1.29 is 19.9 Å². The summed E-state index contributed by atoms with van der Waals surface area (Å²) in [7, 11) is 1.60. The molecule has 124 valence electrons.